The van der Waals surface area contributed by atoms with Crippen molar-refractivity contribution in [2.45, 2.75) is 0 Å². The standard InChI is InChI=1S/C23H20N6OS/c1-2-4-19-17(3-1)18(13-31-19)21-27-20-22(24-14-25-23(20)28-21)26-15-5-7-16(8-6-15)29-9-11-30-12-10-29/h1-8,13-14H,9-12H2,(H2,24,25,26,27,28). The summed E-state index contributed by atoms with van der Waals surface area (Å²) in [4.78, 5) is 19.3. The molecule has 0 saturated carbocycles. The molecule has 3 aromatic heterocycles. The molecule has 0 radical (unpaired) electrons. The second-order valence-electron chi connectivity index (χ2n) is 7.42. The van der Waals surface area contributed by atoms with Gasteiger partial charge in [-0.25, -0.2) is 15.0 Å². The number of thiophene rings is 1. The van der Waals surface area contributed by atoms with Crippen molar-refractivity contribution in [2.24, 2.45) is 0 Å². The van der Waals surface area contributed by atoms with E-state index < -0.39 is 0 Å². The van der Waals surface area contributed by atoms with Crippen LogP contribution in [-0.4, -0.2) is 46.2 Å². The third-order valence-electron chi connectivity index (χ3n) is 5.53. The molecule has 31 heavy (non-hydrogen) atoms. The highest BCUT2D eigenvalue weighted by Crippen LogP contribution is 2.34. The van der Waals surface area contributed by atoms with E-state index in [0.29, 0.717) is 11.5 Å². The fourth-order valence-electron chi connectivity index (χ4n) is 3.93. The molecule has 0 amide bonds. The average Bonchev–Trinajstić information content (AvgIpc) is 3.45. The van der Waals surface area contributed by atoms with Crippen molar-refractivity contribution in [3.05, 3.63) is 60.2 Å². The van der Waals surface area contributed by atoms with Crippen LogP contribution in [0, 0.1) is 0 Å². The van der Waals surface area contributed by atoms with Crippen LogP contribution in [-0.2, 0) is 4.74 Å². The van der Waals surface area contributed by atoms with Crippen LogP contribution in [0.15, 0.2) is 60.2 Å². The fraction of sp³-hybridized carbons (Fsp3) is 0.174. The molecule has 1 aliphatic rings. The van der Waals surface area contributed by atoms with Gasteiger partial charge in [-0.3, -0.25) is 0 Å². The lowest BCUT2D eigenvalue weighted by atomic mass is 10.2. The van der Waals surface area contributed by atoms with Crippen LogP contribution in [0.3, 0.4) is 0 Å². The third-order valence-corrected chi connectivity index (χ3v) is 6.49. The summed E-state index contributed by atoms with van der Waals surface area (Å²) in [6.45, 7) is 3.40. The molecule has 7 nitrogen and oxygen atoms in total. The minimum atomic E-state index is 0.646. The van der Waals surface area contributed by atoms with Crippen molar-refractivity contribution in [3.8, 4) is 11.4 Å². The normalized spacial score (nSPS) is 14.4. The summed E-state index contributed by atoms with van der Waals surface area (Å²) in [5.41, 5.74) is 4.70. The maximum atomic E-state index is 5.44. The van der Waals surface area contributed by atoms with Crippen LogP contribution < -0.4 is 10.2 Å². The van der Waals surface area contributed by atoms with E-state index in [1.54, 1.807) is 17.7 Å². The van der Waals surface area contributed by atoms with Gasteiger partial charge in [0.1, 0.15) is 17.7 Å². The van der Waals surface area contributed by atoms with E-state index >= 15 is 0 Å². The molecule has 0 bridgehead atoms. The molecule has 0 unspecified atom stereocenters. The Bertz CT molecular complexity index is 1350. The van der Waals surface area contributed by atoms with Crippen LogP contribution in [0.5, 0.6) is 0 Å². The van der Waals surface area contributed by atoms with E-state index in [4.69, 9.17) is 9.72 Å². The van der Waals surface area contributed by atoms with Crippen LogP contribution in [0.1, 0.15) is 0 Å². The largest absolute Gasteiger partial charge is 0.378 e. The fourth-order valence-corrected chi connectivity index (χ4v) is 4.87. The summed E-state index contributed by atoms with van der Waals surface area (Å²) < 4.78 is 6.68. The number of rotatable bonds is 4. The van der Waals surface area contributed by atoms with Crippen molar-refractivity contribution < 1.29 is 4.74 Å². The molecule has 2 aromatic carbocycles. The molecule has 0 aliphatic carbocycles. The molecule has 0 spiro atoms. The van der Waals surface area contributed by atoms with Crippen LogP contribution in [0.2, 0.25) is 0 Å². The van der Waals surface area contributed by atoms with E-state index in [0.717, 1.165) is 48.9 Å². The summed E-state index contributed by atoms with van der Waals surface area (Å²) in [7, 11) is 0. The lowest BCUT2D eigenvalue weighted by Crippen LogP contribution is -2.36. The zero-order valence-electron chi connectivity index (χ0n) is 16.7. The summed E-state index contributed by atoms with van der Waals surface area (Å²) >= 11 is 1.72. The zero-order chi connectivity index (χ0) is 20.6. The molecule has 154 valence electrons. The smallest absolute Gasteiger partial charge is 0.183 e. The number of aromatic amines is 1. The second kappa shape index (κ2) is 7.64. The first-order chi connectivity index (χ1) is 15.3. The Hall–Kier alpha value is -3.49. The predicted octanol–water partition coefficient (Wildman–Crippen LogP) is 4.81. The Morgan fingerprint density at radius 2 is 1.84 bits per heavy atom. The molecule has 1 fully saturated rings. The van der Waals surface area contributed by atoms with Crippen molar-refractivity contribution in [3.63, 3.8) is 0 Å². The lowest BCUT2D eigenvalue weighted by molar-refractivity contribution is 0.122. The molecule has 0 atom stereocenters. The van der Waals surface area contributed by atoms with E-state index in [9.17, 15) is 0 Å². The first-order valence-corrected chi connectivity index (χ1v) is 11.1. The summed E-state index contributed by atoms with van der Waals surface area (Å²) in [6.07, 6.45) is 1.54. The van der Waals surface area contributed by atoms with Crippen molar-refractivity contribution in [1.29, 1.82) is 0 Å². The highest BCUT2D eigenvalue weighted by Gasteiger charge is 2.15. The number of imidazole rings is 1. The van der Waals surface area contributed by atoms with Crippen LogP contribution in [0.25, 0.3) is 32.6 Å². The number of hydrogen-bond acceptors (Lipinski definition) is 7. The number of nitrogens with one attached hydrogen (secondary N) is 2. The Balaban J connectivity index is 1.31. The SMILES string of the molecule is c1ccc2c(-c3nc4ncnc(Nc5ccc(N6CCOCC6)cc5)c4[nH]3)csc2c1. The molecule has 5 aromatic rings. The van der Waals surface area contributed by atoms with Crippen molar-refractivity contribution >= 4 is 49.8 Å². The summed E-state index contributed by atoms with van der Waals surface area (Å²) in [5.74, 6) is 1.51. The van der Waals surface area contributed by atoms with Crippen molar-refractivity contribution in [1.82, 2.24) is 19.9 Å². The number of fused-ring (bicyclic) bond motifs is 2. The first-order valence-electron chi connectivity index (χ1n) is 10.2. The van der Waals surface area contributed by atoms with Crippen molar-refractivity contribution in [2.75, 3.05) is 36.5 Å². The number of H-pyrrole nitrogens is 1. The van der Waals surface area contributed by atoms with E-state index in [-0.39, 0.29) is 0 Å². The molecular weight excluding hydrogens is 408 g/mol. The van der Waals surface area contributed by atoms with E-state index in [1.165, 1.54) is 15.8 Å². The number of morpholine rings is 1. The number of hydrogen-bond donors (Lipinski definition) is 2. The molecule has 1 saturated heterocycles. The number of anilines is 3. The minimum absolute atomic E-state index is 0.646. The maximum Gasteiger partial charge on any atom is 0.183 e. The Morgan fingerprint density at radius 1 is 1.00 bits per heavy atom. The minimum Gasteiger partial charge on any atom is -0.378 e. The molecule has 1 aliphatic heterocycles. The zero-order valence-corrected chi connectivity index (χ0v) is 17.5. The topological polar surface area (TPSA) is 79.0 Å². The summed E-state index contributed by atoms with van der Waals surface area (Å²) in [6, 6.07) is 16.7. The van der Waals surface area contributed by atoms with Gasteiger partial charge in [0.15, 0.2) is 11.5 Å². The highest BCUT2D eigenvalue weighted by atomic mass is 32.1. The van der Waals surface area contributed by atoms with Gasteiger partial charge in [0.05, 0.1) is 13.2 Å². The molecule has 8 heteroatoms. The molecule has 4 heterocycles. The maximum absolute atomic E-state index is 5.44. The van der Waals surface area contributed by atoms with E-state index in [1.807, 2.05) is 0 Å². The quantitative estimate of drug-likeness (QED) is 0.427. The second-order valence-corrected chi connectivity index (χ2v) is 8.33. The Morgan fingerprint density at radius 3 is 2.71 bits per heavy atom. The monoisotopic (exact) mass is 428 g/mol. The lowest BCUT2D eigenvalue weighted by Gasteiger charge is -2.28. The third kappa shape index (κ3) is 3.39. The van der Waals surface area contributed by atoms with Gasteiger partial charge in [0.2, 0.25) is 0 Å². The predicted molar refractivity (Wildman–Crippen MR) is 125 cm³/mol. The number of ether oxygens (including phenoxy) is 1. The molecular formula is C23H20N6OS. The Labute approximate surface area is 182 Å². The average molecular weight is 429 g/mol. The van der Waals surface area contributed by atoms with E-state index in [2.05, 4.69) is 79.1 Å². The Kier molecular flexibility index (Phi) is 4.51. The highest BCUT2D eigenvalue weighted by molar-refractivity contribution is 7.17. The van der Waals surface area contributed by atoms with Gasteiger partial charge in [-0.15, -0.1) is 11.3 Å². The first kappa shape index (κ1) is 18.3. The van der Waals surface area contributed by atoms with Gasteiger partial charge >= 0.3 is 0 Å². The van der Waals surface area contributed by atoms with Gasteiger partial charge in [0.25, 0.3) is 0 Å². The van der Waals surface area contributed by atoms with Gasteiger partial charge < -0.3 is 19.9 Å². The molecule has 6 rings (SSSR count). The van der Waals surface area contributed by atoms with Gasteiger partial charge in [0, 0.05) is 45.5 Å². The number of aromatic nitrogens is 4. The summed E-state index contributed by atoms with van der Waals surface area (Å²) in [5, 5.41) is 6.73. The molecule has 2 N–H and O–H groups in total. The van der Waals surface area contributed by atoms with Gasteiger partial charge in [-0.2, -0.15) is 0 Å². The van der Waals surface area contributed by atoms with Gasteiger partial charge in [-0.05, 0) is 30.3 Å². The van der Waals surface area contributed by atoms with Gasteiger partial charge in [-0.1, -0.05) is 18.2 Å². The number of benzene rings is 2. The van der Waals surface area contributed by atoms with Crippen LogP contribution >= 0.6 is 11.3 Å². The number of nitrogens with zero attached hydrogens (tertiary/aromatic N) is 4. The van der Waals surface area contributed by atoms with Crippen LogP contribution in [0.4, 0.5) is 17.2 Å².